The van der Waals surface area contributed by atoms with Crippen molar-refractivity contribution < 1.29 is 18.0 Å². The van der Waals surface area contributed by atoms with E-state index in [0.29, 0.717) is 16.6 Å². The summed E-state index contributed by atoms with van der Waals surface area (Å²) in [4.78, 5) is 28.2. The molecule has 0 aliphatic rings. The molecule has 3 aromatic carbocycles. The first-order valence-corrected chi connectivity index (χ1v) is 15.2. The summed E-state index contributed by atoms with van der Waals surface area (Å²) in [7, 11) is -4.20. The molecule has 1 atom stereocenters. The molecule has 0 heterocycles. The van der Waals surface area contributed by atoms with Gasteiger partial charge in [-0.05, 0) is 73.0 Å². The van der Waals surface area contributed by atoms with Crippen molar-refractivity contribution in [2.75, 3.05) is 17.4 Å². The van der Waals surface area contributed by atoms with Crippen molar-refractivity contribution in [2.24, 2.45) is 5.92 Å². The Kier molecular flexibility index (Phi) is 10.8. The van der Waals surface area contributed by atoms with Gasteiger partial charge in [0.1, 0.15) is 12.6 Å². The first-order valence-electron chi connectivity index (χ1n) is 12.2. The minimum atomic E-state index is -4.20. The highest BCUT2D eigenvalue weighted by atomic mass is 79.9. The van der Waals surface area contributed by atoms with Crippen LogP contribution in [0.4, 0.5) is 5.69 Å². The largest absolute Gasteiger partial charge is 0.354 e. The average molecular weight is 655 g/mol. The molecule has 0 unspecified atom stereocenters. The van der Waals surface area contributed by atoms with E-state index in [4.69, 9.17) is 23.2 Å². The number of hydrogen-bond acceptors (Lipinski definition) is 4. The molecular weight excluding hydrogens is 625 g/mol. The number of amides is 2. The molecule has 1 N–H and O–H groups in total. The minimum absolute atomic E-state index is 0.0399. The van der Waals surface area contributed by atoms with Gasteiger partial charge in [-0.25, -0.2) is 8.42 Å². The minimum Gasteiger partial charge on any atom is -0.354 e. The van der Waals surface area contributed by atoms with E-state index in [1.165, 1.54) is 35.2 Å². The van der Waals surface area contributed by atoms with Crippen molar-refractivity contribution in [3.8, 4) is 0 Å². The van der Waals surface area contributed by atoms with Gasteiger partial charge in [0.05, 0.1) is 10.6 Å². The summed E-state index contributed by atoms with van der Waals surface area (Å²) in [5.74, 6) is -0.661. The van der Waals surface area contributed by atoms with E-state index in [9.17, 15) is 18.0 Å². The number of hydrogen-bond donors (Lipinski definition) is 1. The second-order valence-corrected chi connectivity index (χ2v) is 13.1. The smallest absolute Gasteiger partial charge is 0.264 e. The summed E-state index contributed by atoms with van der Waals surface area (Å²) in [6, 6.07) is 18.4. The first kappa shape index (κ1) is 30.9. The zero-order valence-electron chi connectivity index (χ0n) is 21.8. The Labute approximate surface area is 248 Å². The van der Waals surface area contributed by atoms with Gasteiger partial charge in [0.15, 0.2) is 0 Å². The maximum absolute atomic E-state index is 13.9. The highest BCUT2D eigenvalue weighted by Gasteiger charge is 2.32. The molecule has 0 saturated carbocycles. The SMILES string of the molecule is CC(C)CNC(=O)[C@H](C)N(Cc1ccc(Br)cc1)C(=O)CN(c1cccc(Cl)c1)S(=O)(=O)c1ccc(Cl)cc1. The highest BCUT2D eigenvalue weighted by molar-refractivity contribution is 9.10. The van der Waals surface area contributed by atoms with Gasteiger partial charge in [0.25, 0.3) is 10.0 Å². The number of sulfonamides is 1. The number of anilines is 1. The molecule has 0 radical (unpaired) electrons. The summed E-state index contributed by atoms with van der Waals surface area (Å²) < 4.78 is 29.4. The van der Waals surface area contributed by atoms with Crippen LogP contribution in [0.1, 0.15) is 26.3 Å². The van der Waals surface area contributed by atoms with E-state index in [1.807, 2.05) is 38.1 Å². The highest BCUT2D eigenvalue weighted by Crippen LogP contribution is 2.27. The Hall–Kier alpha value is -2.59. The van der Waals surface area contributed by atoms with Gasteiger partial charge in [-0.15, -0.1) is 0 Å². The zero-order valence-corrected chi connectivity index (χ0v) is 25.7. The second kappa shape index (κ2) is 13.7. The molecule has 3 aromatic rings. The number of carbonyl (C=O) groups excluding carboxylic acids is 2. The van der Waals surface area contributed by atoms with Gasteiger partial charge in [-0.2, -0.15) is 0 Å². The summed E-state index contributed by atoms with van der Waals surface area (Å²) in [5, 5.41) is 3.55. The summed E-state index contributed by atoms with van der Waals surface area (Å²) in [6.07, 6.45) is 0. The first-order chi connectivity index (χ1) is 18.4. The lowest BCUT2D eigenvalue weighted by atomic mass is 10.1. The Morgan fingerprint density at radius 3 is 2.15 bits per heavy atom. The molecular formula is C28H30BrCl2N3O4S. The molecule has 0 bridgehead atoms. The summed E-state index contributed by atoms with van der Waals surface area (Å²) >= 11 is 15.6. The lowest BCUT2D eigenvalue weighted by Gasteiger charge is -2.32. The van der Waals surface area contributed by atoms with Crippen LogP contribution < -0.4 is 9.62 Å². The van der Waals surface area contributed by atoms with Crippen LogP contribution in [0.2, 0.25) is 10.0 Å². The van der Waals surface area contributed by atoms with Gasteiger partial charge in [-0.3, -0.25) is 13.9 Å². The van der Waals surface area contributed by atoms with E-state index in [2.05, 4.69) is 21.2 Å². The van der Waals surface area contributed by atoms with E-state index in [1.54, 1.807) is 25.1 Å². The molecule has 7 nitrogen and oxygen atoms in total. The fraction of sp³-hybridized carbons (Fsp3) is 0.286. The van der Waals surface area contributed by atoms with Gasteiger partial charge in [-0.1, -0.05) is 71.2 Å². The molecule has 3 rings (SSSR count). The molecule has 11 heteroatoms. The lowest BCUT2D eigenvalue weighted by molar-refractivity contribution is -0.139. The lowest BCUT2D eigenvalue weighted by Crippen LogP contribution is -2.51. The predicted octanol–water partition coefficient (Wildman–Crippen LogP) is 6.14. The normalized spacial score (nSPS) is 12.2. The van der Waals surface area contributed by atoms with Gasteiger partial charge < -0.3 is 10.2 Å². The number of carbonyl (C=O) groups is 2. The Morgan fingerprint density at radius 2 is 1.56 bits per heavy atom. The van der Waals surface area contributed by atoms with E-state index in [0.717, 1.165) is 14.3 Å². The van der Waals surface area contributed by atoms with Crippen LogP contribution in [-0.2, 0) is 26.2 Å². The molecule has 208 valence electrons. The van der Waals surface area contributed by atoms with Crippen LogP contribution in [-0.4, -0.2) is 44.3 Å². The fourth-order valence-electron chi connectivity index (χ4n) is 3.72. The number of rotatable bonds is 11. The second-order valence-electron chi connectivity index (χ2n) is 9.41. The van der Waals surface area contributed by atoms with Crippen molar-refractivity contribution in [2.45, 2.75) is 38.3 Å². The maximum atomic E-state index is 13.9. The molecule has 0 saturated heterocycles. The van der Waals surface area contributed by atoms with E-state index in [-0.39, 0.29) is 29.0 Å². The summed E-state index contributed by atoms with van der Waals surface area (Å²) in [5.41, 5.74) is 0.997. The van der Waals surface area contributed by atoms with Crippen LogP contribution in [0.5, 0.6) is 0 Å². The number of benzene rings is 3. The third-order valence-corrected chi connectivity index (χ3v) is 8.70. The van der Waals surface area contributed by atoms with Crippen molar-refractivity contribution >= 4 is 66.7 Å². The van der Waals surface area contributed by atoms with Crippen LogP contribution in [0.25, 0.3) is 0 Å². The quantitative estimate of drug-likeness (QED) is 0.269. The predicted molar refractivity (Wildman–Crippen MR) is 159 cm³/mol. The topological polar surface area (TPSA) is 86.8 Å². The molecule has 0 aliphatic heterocycles. The monoisotopic (exact) mass is 653 g/mol. The molecule has 0 fully saturated rings. The van der Waals surface area contributed by atoms with Crippen LogP contribution >= 0.6 is 39.1 Å². The van der Waals surface area contributed by atoms with Crippen molar-refractivity contribution in [3.63, 3.8) is 0 Å². The molecule has 2 amide bonds. The number of nitrogens with one attached hydrogen (secondary N) is 1. The van der Waals surface area contributed by atoms with Crippen molar-refractivity contribution in [1.29, 1.82) is 0 Å². The van der Waals surface area contributed by atoms with Crippen LogP contribution in [0.15, 0.2) is 82.2 Å². The van der Waals surface area contributed by atoms with Crippen molar-refractivity contribution in [1.82, 2.24) is 10.2 Å². The standard InChI is InChI=1S/C28H30BrCl2N3O4S/c1-19(2)16-32-28(36)20(3)33(17-21-7-9-22(29)10-8-21)27(35)18-34(25-6-4-5-24(31)15-25)39(37,38)26-13-11-23(30)12-14-26/h4-15,19-20H,16-18H2,1-3H3,(H,32,36)/t20-/m0/s1. The van der Waals surface area contributed by atoms with Gasteiger partial charge in [0.2, 0.25) is 11.8 Å². The Bertz CT molecular complexity index is 1400. The van der Waals surface area contributed by atoms with E-state index < -0.39 is 28.5 Å². The molecule has 39 heavy (non-hydrogen) atoms. The third kappa shape index (κ3) is 8.45. The fourth-order valence-corrected chi connectivity index (χ4v) is 5.70. The molecule has 0 aromatic heterocycles. The number of halogens is 3. The van der Waals surface area contributed by atoms with E-state index >= 15 is 0 Å². The van der Waals surface area contributed by atoms with Crippen molar-refractivity contribution in [3.05, 3.63) is 92.9 Å². The van der Waals surface area contributed by atoms with Crippen LogP contribution in [0.3, 0.4) is 0 Å². The zero-order chi connectivity index (χ0) is 28.7. The van der Waals surface area contributed by atoms with Gasteiger partial charge >= 0.3 is 0 Å². The Balaban J connectivity index is 2.01. The summed E-state index contributed by atoms with van der Waals surface area (Å²) in [6.45, 7) is 5.57. The maximum Gasteiger partial charge on any atom is 0.264 e. The molecule has 0 aliphatic carbocycles. The molecule has 0 spiro atoms. The van der Waals surface area contributed by atoms with Gasteiger partial charge in [0, 0.05) is 27.6 Å². The number of nitrogens with zero attached hydrogens (tertiary/aromatic N) is 2. The Morgan fingerprint density at radius 1 is 0.923 bits per heavy atom. The average Bonchev–Trinajstić information content (AvgIpc) is 2.89. The van der Waals surface area contributed by atoms with Crippen LogP contribution in [0, 0.1) is 5.92 Å². The third-order valence-electron chi connectivity index (χ3n) is 5.89.